The predicted octanol–water partition coefficient (Wildman–Crippen LogP) is 1.77. The molecular weight excluding hydrogens is 172 g/mol. The van der Waals surface area contributed by atoms with Gasteiger partial charge < -0.3 is 10.6 Å². The van der Waals surface area contributed by atoms with Crippen LogP contribution < -0.4 is 5.73 Å². The molecule has 2 heteroatoms. The molecule has 1 aliphatic carbocycles. The van der Waals surface area contributed by atoms with E-state index >= 15 is 0 Å². The summed E-state index contributed by atoms with van der Waals surface area (Å²) >= 11 is 0. The van der Waals surface area contributed by atoms with Gasteiger partial charge in [-0.1, -0.05) is 12.2 Å². The van der Waals surface area contributed by atoms with Crippen molar-refractivity contribution in [3.63, 3.8) is 0 Å². The molecule has 1 saturated heterocycles. The Morgan fingerprint density at radius 1 is 1.14 bits per heavy atom. The Labute approximate surface area is 87.2 Å². The molecule has 0 spiro atoms. The molecule has 1 atom stereocenters. The third kappa shape index (κ3) is 2.82. The molecule has 2 N–H and O–H groups in total. The summed E-state index contributed by atoms with van der Waals surface area (Å²) in [6.45, 7) is 3.75. The lowest BCUT2D eigenvalue weighted by Crippen LogP contribution is -2.41. The molecule has 2 rings (SSSR count). The van der Waals surface area contributed by atoms with Crippen molar-refractivity contribution in [2.75, 3.05) is 19.6 Å². The van der Waals surface area contributed by atoms with Crippen molar-refractivity contribution in [1.29, 1.82) is 0 Å². The van der Waals surface area contributed by atoms with E-state index in [0.29, 0.717) is 6.04 Å². The second-order valence-corrected chi connectivity index (χ2v) is 4.79. The molecule has 14 heavy (non-hydrogen) atoms. The van der Waals surface area contributed by atoms with E-state index in [-0.39, 0.29) is 0 Å². The molecule has 2 aliphatic rings. The van der Waals surface area contributed by atoms with Crippen LogP contribution in [0.2, 0.25) is 0 Å². The van der Waals surface area contributed by atoms with Crippen LogP contribution in [-0.4, -0.2) is 30.6 Å². The number of nitrogens with zero attached hydrogens (tertiary/aromatic N) is 1. The topological polar surface area (TPSA) is 29.3 Å². The number of hydrogen-bond acceptors (Lipinski definition) is 2. The van der Waals surface area contributed by atoms with Gasteiger partial charge in [-0.05, 0) is 51.1 Å². The average Bonchev–Trinajstić information content (AvgIpc) is 2.23. The normalized spacial score (nSPS) is 30.8. The van der Waals surface area contributed by atoms with Gasteiger partial charge in [0.05, 0.1) is 0 Å². The van der Waals surface area contributed by atoms with Gasteiger partial charge in [0.15, 0.2) is 0 Å². The van der Waals surface area contributed by atoms with Gasteiger partial charge in [-0.25, -0.2) is 0 Å². The van der Waals surface area contributed by atoms with Gasteiger partial charge in [-0.2, -0.15) is 0 Å². The average molecular weight is 194 g/mol. The lowest BCUT2D eigenvalue weighted by Gasteiger charge is -2.33. The predicted molar refractivity (Wildman–Crippen MR) is 60.1 cm³/mol. The lowest BCUT2D eigenvalue weighted by molar-refractivity contribution is 0.178. The standard InChI is InChI=1S/C12H22N2/c13-12-6-8-14(9-7-12)10-11-4-2-1-3-5-11/h1-2,11-12H,3-10,13H2/t11-/m1/s1. The summed E-state index contributed by atoms with van der Waals surface area (Å²) in [6, 6.07) is 0.470. The van der Waals surface area contributed by atoms with Crippen molar-refractivity contribution in [3.05, 3.63) is 12.2 Å². The van der Waals surface area contributed by atoms with Crippen LogP contribution in [0.15, 0.2) is 12.2 Å². The summed E-state index contributed by atoms with van der Waals surface area (Å²) in [5, 5.41) is 0. The number of likely N-dealkylation sites (tertiary alicyclic amines) is 1. The molecule has 0 bridgehead atoms. The molecule has 80 valence electrons. The molecule has 0 aromatic rings. The molecule has 0 aromatic heterocycles. The van der Waals surface area contributed by atoms with Crippen LogP contribution >= 0.6 is 0 Å². The van der Waals surface area contributed by atoms with E-state index < -0.39 is 0 Å². The van der Waals surface area contributed by atoms with Gasteiger partial charge in [0.25, 0.3) is 0 Å². The van der Waals surface area contributed by atoms with Gasteiger partial charge in [-0.15, -0.1) is 0 Å². The van der Waals surface area contributed by atoms with Crippen molar-refractivity contribution in [3.8, 4) is 0 Å². The van der Waals surface area contributed by atoms with E-state index in [4.69, 9.17) is 5.73 Å². The van der Waals surface area contributed by atoms with Crippen LogP contribution in [-0.2, 0) is 0 Å². The van der Waals surface area contributed by atoms with Crippen molar-refractivity contribution in [2.24, 2.45) is 11.7 Å². The Hall–Kier alpha value is -0.340. The molecule has 0 amide bonds. The molecular formula is C12H22N2. The van der Waals surface area contributed by atoms with Gasteiger partial charge in [0.1, 0.15) is 0 Å². The number of rotatable bonds is 2. The van der Waals surface area contributed by atoms with Crippen molar-refractivity contribution in [2.45, 2.75) is 38.1 Å². The number of allylic oxidation sites excluding steroid dienone is 2. The van der Waals surface area contributed by atoms with E-state index in [2.05, 4.69) is 17.1 Å². The van der Waals surface area contributed by atoms with Gasteiger partial charge >= 0.3 is 0 Å². The second-order valence-electron chi connectivity index (χ2n) is 4.79. The summed E-state index contributed by atoms with van der Waals surface area (Å²) in [4.78, 5) is 2.60. The maximum absolute atomic E-state index is 5.89. The van der Waals surface area contributed by atoms with Gasteiger partial charge in [-0.3, -0.25) is 0 Å². The first-order valence-corrected chi connectivity index (χ1v) is 5.97. The zero-order valence-electron chi connectivity index (χ0n) is 8.99. The minimum Gasteiger partial charge on any atom is -0.328 e. The largest absolute Gasteiger partial charge is 0.328 e. The van der Waals surface area contributed by atoms with E-state index in [0.717, 1.165) is 5.92 Å². The molecule has 1 fully saturated rings. The van der Waals surface area contributed by atoms with Crippen LogP contribution in [0.3, 0.4) is 0 Å². The Kier molecular flexibility index (Phi) is 3.60. The first kappa shape index (κ1) is 10.2. The quantitative estimate of drug-likeness (QED) is 0.679. The SMILES string of the molecule is NC1CCN(C[C@@H]2CC=CCC2)CC1. The highest BCUT2D eigenvalue weighted by Gasteiger charge is 2.19. The zero-order chi connectivity index (χ0) is 9.80. The Balaban J connectivity index is 1.72. The van der Waals surface area contributed by atoms with Crippen LogP contribution in [0.1, 0.15) is 32.1 Å². The number of nitrogens with two attached hydrogens (primary N) is 1. The summed E-state index contributed by atoms with van der Waals surface area (Å²) in [5.74, 6) is 0.911. The minimum absolute atomic E-state index is 0.470. The third-order valence-electron chi connectivity index (χ3n) is 3.53. The van der Waals surface area contributed by atoms with E-state index in [1.807, 2.05) is 0 Å². The molecule has 0 unspecified atom stereocenters. The third-order valence-corrected chi connectivity index (χ3v) is 3.53. The van der Waals surface area contributed by atoms with Crippen molar-refractivity contribution >= 4 is 0 Å². The highest BCUT2D eigenvalue weighted by molar-refractivity contribution is 4.91. The van der Waals surface area contributed by atoms with Crippen molar-refractivity contribution in [1.82, 2.24) is 4.90 Å². The van der Waals surface area contributed by atoms with Gasteiger partial charge in [0.2, 0.25) is 0 Å². The monoisotopic (exact) mass is 194 g/mol. The molecule has 2 nitrogen and oxygen atoms in total. The highest BCUT2D eigenvalue weighted by Crippen LogP contribution is 2.20. The van der Waals surface area contributed by atoms with Gasteiger partial charge in [0, 0.05) is 12.6 Å². The highest BCUT2D eigenvalue weighted by atomic mass is 15.1. The maximum Gasteiger partial charge on any atom is 0.00631 e. The van der Waals surface area contributed by atoms with Crippen LogP contribution in [0, 0.1) is 5.92 Å². The lowest BCUT2D eigenvalue weighted by atomic mass is 9.93. The number of piperidine rings is 1. The molecule has 0 aromatic carbocycles. The Morgan fingerprint density at radius 3 is 2.57 bits per heavy atom. The first-order valence-electron chi connectivity index (χ1n) is 5.97. The zero-order valence-corrected chi connectivity index (χ0v) is 8.99. The van der Waals surface area contributed by atoms with Crippen LogP contribution in [0.25, 0.3) is 0 Å². The second kappa shape index (κ2) is 4.94. The van der Waals surface area contributed by atoms with E-state index in [1.54, 1.807) is 0 Å². The van der Waals surface area contributed by atoms with E-state index in [9.17, 15) is 0 Å². The molecule has 0 radical (unpaired) electrons. The fraction of sp³-hybridized carbons (Fsp3) is 0.833. The smallest absolute Gasteiger partial charge is 0.00631 e. The first-order chi connectivity index (χ1) is 6.84. The Morgan fingerprint density at radius 2 is 1.93 bits per heavy atom. The van der Waals surface area contributed by atoms with E-state index in [1.165, 1.54) is 51.7 Å². The molecule has 0 saturated carbocycles. The van der Waals surface area contributed by atoms with Crippen molar-refractivity contribution < 1.29 is 0 Å². The molecule has 1 aliphatic heterocycles. The fourth-order valence-corrected chi connectivity index (χ4v) is 2.52. The fourth-order valence-electron chi connectivity index (χ4n) is 2.52. The molecule has 1 heterocycles. The maximum atomic E-state index is 5.89. The summed E-state index contributed by atoms with van der Waals surface area (Å²) < 4.78 is 0. The summed E-state index contributed by atoms with van der Waals surface area (Å²) in [7, 11) is 0. The minimum atomic E-state index is 0.470. The van der Waals surface area contributed by atoms with Crippen LogP contribution in [0.5, 0.6) is 0 Å². The van der Waals surface area contributed by atoms with Crippen LogP contribution in [0.4, 0.5) is 0 Å². The number of hydrogen-bond donors (Lipinski definition) is 1. The summed E-state index contributed by atoms with van der Waals surface area (Å²) in [5.41, 5.74) is 5.89. The Bertz CT molecular complexity index is 192. The summed E-state index contributed by atoms with van der Waals surface area (Å²) in [6.07, 6.45) is 11.0.